The van der Waals surface area contributed by atoms with E-state index in [4.69, 9.17) is 9.31 Å². The molecule has 0 bridgehead atoms. The van der Waals surface area contributed by atoms with E-state index in [1.165, 1.54) is 29.2 Å². The number of benzene rings is 3. The number of nitrogens with one attached hydrogen (secondary N) is 3. The number of carbonyl (C=O) groups excluding carboxylic acids is 4. The number of fused-ring (bicyclic) bond motifs is 1. The summed E-state index contributed by atoms with van der Waals surface area (Å²) in [6.07, 6.45) is 7.46. The summed E-state index contributed by atoms with van der Waals surface area (Å²) < 4.78 is 15.8. The van der Waals surface area contributed by atoms with Crippen molar-refractivity contribution in [1.82, 2.24) is 45.6 Å². The molecule has 17 nitrogen and oxygen atoms in total. The Bertz CT molecular complexity index is 2760. The Balaban J connectivity index is 0.929. The van der Waals surface area contributed by atoms with E-state index in [-0.39, 0.29) is 75.8 Å². The van der Waals surface area contributed by atoms with Crippen LogP contribution in [0.3, 0.4) is 0 Å². The number of hydrogen-bond donors (Lipinski definition) is 5. The Labute approximate surface area is 402 Å². The van der Waals surface area contributed by atoms with Gasteiger partial charge in [-0.1, -0.05) is 65.0 Å². The van der Waals surface area contributed by atoms with Gasteiger partial charge in [-0.15, -0.1) is 10.2 Å². The quantitative estimate of drug-likeness (QED) is 0.0673. The molecule has 1 saturated heterocycles. The molecule has 7 atom stereocenters. The van der Waals surface area contributed by atoms with E-state index in [1.54, 1.807) is 49.2 Å². The predicted molar refractivity (Wildman–Crippen MR) is 256 cm³/mol. The standard InChI is InChI=1S/C51H60BN9O8/c1-8-54-47(66)44-59-58-43(36-25-35(30(4)5)39(62)26-40(36)63)61(44)34-16-14-32(15-17-34)48(67)60(7)21-18-50-41-24-33-27-51(50,49(33,41)6)69-52(68-50)42(22-29(2)3)57-45(64)37(23-31-12-10-9-11-13-31)56-46(65)38-28-53-19-20-55-38/h9-17,19-20,25-26,28-30,33,37,41-42,62-63H,8,18,21-24,27H2,1-7H3,(H,54,66)(H,56,65)(H,57,64)/t33-,37+,41-,42+,49?,50-,51+/m1/s1. The molecule has 4 aliphatic rings. The minimum Gasteiger partial charge on any atom is -0.508 e. The minimum absolute atomic E-state index is 0.0130. The largest absolute Gasteiger partial charge is 0.508 e. The Morgan fingerprint density at radius 3 is 2.35 bits per heavy atom. The summed E-state index contributed by atoms with van der Waals surface area (Å²) in [5.74, 6) is -1.36. The van der Waals surface area contributed by atoms with E-state index < -0.39 is 42.1 Å². The molecule has 360 valence electrons. The number of phenols is 2. The second-order valence-corrected chi connectivity index (χ2v) is 20.0. The van der Waals surface area contributed by atoms with Gasteiger partial charge in [-0.05, 0) is 97.7 Å². The van der Waals surface area contributed by atoms with Crippen LogP contribution in [0, 0.1) is 23.2 Å². The monoisotopic (exact) mass is 937 g/mol. The smallest absolute Gasteiger partial charge is 0.481 e. The van der Waals surface area contributed by atoms with Crippen molar-refractivity contribution in [3.63, 3.8) is 0 Å². The van der Waals surface area contributed by atoms with Crippen molar-refractivity contribution in [1.29, 1.82) is 0 Å². The predicted octanol–water partition coefficient (Wildman–Crippen LogP) is 5.65. The fourth-order valence-electron chi connectivity index (χ4n) is 11.7. The van der Waals surface area contributed by atoms with Crippen LogP contribution >= 0.6 is 0 Å². The van der Waals surface area contributed by atoms with E-state index in [2.05, 4.69) is 56.9 Å². The lowest BCUT2D eigenvalue weighted by Crippen LogP contribution is -2.93. The van der Waals surface area contributed by atoms with Crippen molar-refractivity contribution >= 4 is 30.7 Å². The third-order valence-electron chi connectivity index (χ3n) is 15.2. The average molecular weight is 938 g/mol. The van der Waals surface area contributed by atoms with Crippen molar-refractivity contribution in [3.8, 4) is 28.6 Å². The molecular formula is C51H60BN9O8. The highest BCUT2D eigenvalue weighted by Crippen LogP contribution is 2.88. The lowest BCUT2D eigenvalue weighted by Gasteiger charge is -2.88. The number of aromatic hydroxyl groups is 2. The minimum atomic E-state index is -0.927. The van der Waals surface area contributed by atoms with Gasteiger partial charge >= 0.3 is 7.12 Å². The molecule has 3 aromatic carbocycles. The van der Waals surface area contributed by atoms with Crippen LogP contribution in [0.4, 0.5) is 0 Å². The Morgan fingerprint density at radius 1 is 0.942 bits per heavy atom. The average Bonchev–Trinajstić information content (AvgIpc) is 3.94. The van der Waals surface area contributed by atoms with Gasteiger partial charge in [0.15, 0.2) is 5.82 Å². The van der Waals surface area contributed by atoms with Crippen molar-refractivity contribution in [2.75, 3.05) is 20.1 Å². The first-order valence-corrected chi connectivity index (χ1v) is 23.9. The van der Waals surface area contributed by atoms with Gasteiger partial charge in [0.05, 0.1) is 28.9 Å². The molecule has 18 heteroatoms. The zero-order valence-electron chi connectivity index (χ0n) is 40.1. The molecule has 5 aromatic rings. The van der Waals surface area contributed by atoms with Crippen molar-refractivity contribution in [2.45, 2.75) is 103 Å². The van der Waals surface area contributed by atoms with Gasteiger partial charge in [-0.3, -0.25) is 28.7 Å². The Kier molecular flexibility index (Phi) is 12.6. The van der Waals surface area contributed by atoms with Crippen LogP contribution in [0.2, 0.25) is 0 Å². The van der Waals surface area contributed by atoms with E-state index >= 15 is 0 Å². The maximum absolute atomic E-state index is 14.4. The molecule has 4 amide bonds. The lowest BCUT2D eigenvalue weighted by atomic mass is 9.20. The summed E-state index contributed by atoms with van der Waals surface area (Å²) in [6, 6.07) is 18.3. The third-order valence-corrected chi connectivity index (χ3v) is 15.2. The molecular weight excluding hydrogens is 877 g/mol. The van der Waals surface area contributed by atoms with Crippen LogP contribution in [-0.4, -0.2) is 114 Å². The molecule has 3 heterocycles. The molecule has 69 heavy (non-hydrogen) atoms. The van der Waals surface area contributed by atoms with Crippen molar-refractivity contribution in [2.24, 2.45) is 23.2 Å². The van der Waals surface area contributed by atoms with Crippen LogP contribution in [-0.2, 0) is 20.5 Å². The molecule has 1 spiro atoms. The maximum Gasteiger partial charge on any atom is 0.481 e. The Hall–Kier alpha value is -6.66. The molecule has 9 rings (SSSR count). The highest BCUT2D eigenvalue weighted by molar-refractivity contribution is 6.48. The Morgan fingerprint density at radius 2 is 1.70 bits per heavy atom. The number of rotatable bonds is 18. The van der Waals surface area contributed by atoms with Gasteiger partial charge < -0.3 is 40.4 Å². The number of hydrogen-bond acceptors (Lipinski definition) is 12. The zero-order valence-corrected chi connectivity index (χ0v) is 40.1. The van der Waals surface area contributed by atoms with Crippen LogP contribution in [0.15, 0.2) is 85.3 Å². The summed E-state index contributed by atoms with van der Waals surface area (Å²) in [5, 5.41) is 39.0. The van der Waals surface area contributed by atoms with Gasteiger partial charge in [0.1, 0.15) is 23.2 Å². The molecule has 1 unspecified atom stereocenters. The molecule has 4 fully saturated rings. The fraction of sp³-hybridized carbons (Fsp3) is 0.451. The van der Waals surface area contributed by atoms with E-state index in [9.17, 15) is 29.4 Å². The zero-order chi connectivity index (χ0) is 49.0. The number of nitrogens with zero attached hydrogens (tertiary/aromatic N) is 6. The van der Waals surface area contributed by atoms with E-state index in [1.807, 2.05) is 44.2 Å². The van der Waals surface area contributed by atoms with Crippen LogP contribution in [0.5, 0.6) is 11.5 Å². The van der Waals surface area contributed by atoms with Crippen molar-refractivity contribution < 1.29 is 38.7 Å². The summed E-state index contributed by atoms with van der Waals surface area (Å²) in [5.41, 5.74) is 1.46. The molecule has 0 radical (unpaired) electrons. The molecule has 2 aromatic heterocycles. The highest BCUT2D eigenvalue weighted by atomic mass is 16.7. The summed E-state index contributed by atoms with van der Waals surface area (Å²) in [4.78, 5) is 65.0. The summed E-state index contributed by atoms with van der Waals surface area (Å²) in [7, 11) is 1.01. The SMILES string of the molecule is CCNC(=O)c1nnc(-c2cc(C(C)C)c(O)cc2O)n1-c1ccc(C(=O)N(C)CC[C@]23OB([C@H](CC(C)C)NC(=O)[C@H](Cc4ccccc4)NC(=O)c4cnccn4)O[C@]24C[C@H]2C[C@@H]3C24C)cc1. The van der Waals surface area contributed by atoms with Crippen LogP contribution in [0.25, 0.3) is 17.1 Å². The summed E-state index contributed by atoms with van der Waals surface area (Å²) >= 11 is 0. The number of phenolic OH excluding ortho intramolecular Hbond substituents is 2. The fourth-order valence-corrected chi connectivity index (χ4v) is 11.7. The first-order valence-electron chi connectivity index (χ1n) is 23.9. The normalized spacial score (nSPS) is 23.7. The second kappa shape index (κ2) is 18.3. The van der Waals surface area contributed by atoms with Crippen LogP contribution < -0.4 is 16.0 Å². The van der Waals surface area contributed by atoms with Gasteiger partial charge in [-0.25, -0.2) is 4.98 Å². The van der Waals surface area contributed by atoms with Crippen molar-refractivity contribution in [3.05, 3.63) is 114 Å². The molecule has 1 aliphatic heterocycles. The van der Waals surface area contributed by atoms with E-state index in [0.29, 0.717) is 48.7 Å². The van der Waals surface area contributed by atoms with Gasteiger partial charge in [0.2, 0.25) is 11.7 Å². The second-order valence-electron chi connectivity index (χ2n) is 20.0. The van der Waals surface area contributed by atoms with Crippen LogP contribution in [0.1, 0.15) is 116 Å². The summed E-state index contributed by atoms with van der Waals surface area (Å²) in [6.45, 7) is 12.8. The topological polar surface area (TPSA) is 223 Å². The maximum atomic E-state index is 14.4. The molecule has 5 N–H and O–H groups in total. The number of carbonyl (C=O) groups is 4. The first kappa shape index (κ1) is 47.4. The van der Waals surface area contributed by atoms with Gasteiger partial charge in [0, 0.05) is 61.7 Å². The molecule has 3 saturated carbocycles. The lowest BCUT2D eigenvalue weighted by molar-refractivity contribution is -0.436. The number of aromatic nitrogens is 5. The van der Waals surface area contributed by atoms with Gasteiger partial charge in [-0.2, -0.15) is 0 Å². The molecule has 3 aliphatic carbocycles. The van der Waals surface area contributed by atoms with E-state index in [0.717, 1.165) is 18.4 Å². The third kappa shape index (κ3) is 8.00. The first-order chi connectivity index (χ1) is 33.0. The highest BCUT2D eigenvalue weighted by Gasteiger charge is 2.94. The number of amides is 4. The van der Waals surface area contributed by atoms with Gasteiger partial charge in [0.25, 0.3) is 17.7 Å².